The van der Waals surface area contributed by atoms with Gasteiger partial charge in [0.15, 0.2) is 0 Å². The normalized spacial score (nSPS) is 13.1. The zero-order chi connectivity index (χ0) is 12.3. The SMILES string of the molecule is COC(C)Cc1nc(N)c(I)c(C(C)C)n1. The lowest BCUT2D eigenvalue weighted by Gasteiger charge is -2.13. The molecule has 0 fully saturated rings. The molecule has 1 aromatic rings. The van der Waals surface area contributed by atoms with Gasteiger partial charge in [-0.05, 0) is 35.4 Å². The highest BCUT2D eigenvalue weighted by Gasteiger charge is 2.14. The van der Waals surface area contributed by atoms with E-state index in [1.807, 2.05) is 6.92 Å². The Hall–Kier alpha value is -0.430. The Morgan fingerprint density at radius 1 is 1.31 bits per heavy atom. The first-order valence-corrected chi connectivity index (χ1v) is 6.38. The number of hydrogen-bond donors (Lipinski definition) is 1. The molecule has 0 aliphatic rings. The van der Waals surface area contributed by atoms with Gasteiger partial charge in [0.05, 0.1) is 15.4 Å². The average molecular weight is 335 g/mol. The number of methoxy groups -OCH3 is 1. The molecule has 0 aliphatic carbocycles. The van der Waals surface area contributed by atoms with E-state index in [1.165, 1.54) is 0 Å². The van der Waals surface area contributed by atoms with Crippen LogP contribution >= 0.6 is 22.6 Å². The fraction of sp³-hybridized carbons (Fsp3) is 0.636. The zero-order valence-electron chi connectivity index (χ0n) is 10.1. The number of nitrogens with zero attached hydrogens (tertiary/aromatic N) is 2. The minimum atomic E-state index is 0.111. The molecule has 1 atom stereocenters. The Morgan fingerprint density at radius 3 is 2.44 bits per heavy atom. The molecule has 1 rings (SSSR count). The van der Waals surface area contributed by atoms with Gasteiger partial charge in [-0.2, -0.15) is 0 Å². The summed E-state index contributed by atoms with van der Waals surface area (Å²) in [6.45, 7) is 6.20. The summed E-state index contributed by atoms with van der Waals surface area (Å²) in [6, 6.07) is 0. The molecule has 90 valence electrons. The van der Waals surface area contributed by atoms with E-state index in [4.69, 9.17) is 10.5 Å². The van der Waals surface area contributed by atoms with Crippen LogP contribution in [0.5, 0.6) is 0 Å². The van der Waals surface area contributed by atoms with E-state index in [-0.39, 0.29) is 6.10 Å². The maximum Gasteiger partial charge on any atom is 0.140 e. The van der Waals surface area contributed by atoms with Gasteiger partial charge in [0.2, 0.25) is 0 Å². The molecule has 0 bridgehead atoms. The van der Waals surface area contributed by atoms with Crippen molar-refractivity contribution < 1.29 is 4.74 Å². The molecule has 1 heterocycles. The van der Waals surface area contributed by atoms with E-state index in [9.17, 15) is 0 Å². The monoisotopic (exact) mass is 335 g/mol. The Morgan fingerprint density at radius 2 is 1.94 bits per heavy atom. The predicted octanol–water partition coefficient (Wildman–Crippen LogP) is 2.36. The fourth-order valence-electron chi connectivity index (χ4n) is 1.35. The summed E-state index contributed by atoms with van der Waals surface area (Å²) in [7, 11) is 1.68. The second-order valence-corrected chi connectivity index (χ2v) is 5.21. The minimum absolute atomic E-state index is 0.111. The lowest BCUT2D eigenvalue weighted by Crippen LogP contribution is -2.15. The molecule has 0 spiro atoms. The largest absolute Gasteiger partial charge is 0.383 e. The Bertz CT molecular complexity index is 368. The third-order valence-corrected chi connectivity index (χ3v) is 3.47. The first-order chi connectivity index (χ1) is 7.45. The Balaban J connectivity index is 3.04. The lowest BCUT2D eigenvalue weighted by molar-refractivity contribution is 0.117. The highest BCUT2D eigenvalue weighted by molar-refractivity contribution is 14.1. The molecule has 4 nitrogen and oxygen atoms in total. The third kappa shape index (κ3) is 3.28. The Labute approximate surface area is 110 Å². The van der Waals surface area contributed by atoms with Crippen LogP contribution < -0.4 is 5.73 Å². The lowest BCUT2D eigenvalue weighted by atomic mass is 10.1. The fourth-order valence-corrected chi connectivity index (χ4v) is 2.21. The van der Waals surface area contributed by atoms with E-state index in [1.54, 1.807) is 7.11 Å². The number of ether oxygens (including phenoxy) is 1. The smallest absolute Gasteiger partial charge is 0.140 e. The number of nitrogen functional groups attached to an aromatic ring is 1. The second-order valence-electron chi connectivity index (χ2n) is 4.13. The van der Waals surface area contributed by atoms with Crippen LogP contribution in [0, 0.1) is 3.57 Å². The molecule has 0 radical (unpaired) electrons. The molecule has 1 aromatic heterocycles. The quantitative estimate of drug-likeness (QED) is 0.858. The number of hydrogen-bond acceptors (Lipinski definition) is 4. The van der Waals surface area contributed by atoms with Crippen LogP contribution in [0.1, 0.15) is 38.2 Å². The van der Waals surface area contributed by atoms with Crippen LogP contribution in [0.15, 0.2) is 0 Å². The van der Waals surface area contributed by atoms with Crippen molar-refractivity contribution in [1.29, 1.82) is 0 Å². The van der Waals surface area contributed by atoms with Crippen molar-refractivity contribution in [1.82, 2.24) is 9.97 Å². The molecule has 0 saturated heterocycles. The molecule has 16 heavy (non-hydrogen) atoms. The summed E-state index contributed by atoms with van der Waals surface area (Å²) in [5, 5.41) is 0. The van der Waals surface area contributed by atoms with Crippen LogP contribution in [-0.2, 0) is 11.2 Å². The standard InChI is InChI=1S/C11H18IN3O/c1-6(2)10-9(12)11(13)15-8(14-10)5-7(3)16-4/h6-7H,5H2,1-4H3,(H2,13,14,15). The molecule has 5 heteroatoms. The third-order valence-electron chi connectivity index (χ3n) is 2.37. The summed E-state index contributed by atoms with van der Waals surface area (Å²) in [4.78, 5) is 8.82. The molecular weight excluding hydrogens is 317 g/mol. The van der Waals surface area contributed by atoms with Crippen molar-refractivity contribution in [2.75, 3.05) is 12.8 Å². The van der Waals surface area contributed by atoms with Gasteiger partial charge in [0.1, 0.15) is 11.6 Å². The first-order valence-electron chi connectivity index (χ1n) is 5.30. The number of rotatable bonds is 4. The summed E-state index contributed by atoms with van der Waals surface area (Å²) in [5.74, 6) is 1.68. The molecule has 1 unspecified atom stereocenters. The molecule has 0 saturated carbocycles. The van der Waals surface area contributed by atoms with E-state index < -0.39 is 0 Å². The van der Waals surface area contributed by atoms with Gasteiger partial charge >= 0.3 is 0 Å². The van der Waals surface area contributed by atoms with Crippen LogP contribution in [0.25, 0.3) is 0 Å². The van der Waals surface area contributed by atoms with E-state index in [0.29, 0.717) is 18.2 Å². The van der Waals surface area contributed by atoms with E-state index >= 15 is 0 Å². The van der Waals surface area contributed by atoms with Gasteiger partial charge in [-0.25, -0.2) is 9.97 Å². The van der Waals surface area contributed by atoms with Gasteiger partial charge in [-0.15, -0.1) is 0 Å². The van der Waals surface area contributed by atoms with Crippen molar-refractivity contribution >= 4 is 28.4 Å². The highest BCUT2D eigenvalue weighted by atomic mass is 127. The number of halogens is 1. The average Bonchev–Trinajstić information content (AvgIpc) is 2.22. The summed E-state index contributed by atoms with van der Waals surface area (Å²) in [5.41, 5.74) is 6.90. The topological polar surface area (TPSA) is 61.0 Å². The maximum absolute atomic E-state index is 5.88. The van der Waals surface area contributed by atoms with Gasteiger partial charge in [-0.3, -0.25) is 0 Å². The first kappa shape index (κ1) is 13.6. The van der Waals surface area contributed by atoms with Gasteiger partial charge in [0, 0.05) is 13.5 Å². The van der Waals surface area contributed by atoms with Crippen molar-refractivity contribution in [3.05, 3.63) is 15.1 Å². The minimum Gasteiger partial charge on any atom is -0.383 e. The van der Waals surface area contributed by atoms with Crippen LogP contribution in [-0.4, -0.2) is 23.2 Å². The number of aromatic nitrogens is 2. The van der Waals surface area contributed by atoms with Gasteiger partial charge in [0.25, 0.3) is 0 Å². The van der Waals surface area contributed by atoms with Gasteiger partial charge < -0.3 is 10.5 Å². The van der Waals surface area contributed by atoms with Crippen LogP contribution in [0.4, 0.5) is 5.82 Å². The highest BCUT2D eigenvalue weighted by Crippen LogP contribution is 2.23. The van der Waals surface area contributed by atoms with Crippen molar-refractivity contribution in [2.24, 2.45) is 0 Å². The number of anilines is 1. The molecule has 0 aliphatic heterocycles. The van der Waals surface area contributed by atoms with Crippen molar-refractivity contribution in [3.8, 4) is 0 Å². The summed E-state index contributed by atoms with van der Waals surface area (Å²) < 4.78 is 6.16. The van der Waals surface area contributed by atoms with E-state index in [2.05, 4.69) is 46.4 Å². The van der Waals surface area contributed by atoms with Crippen LogP contribution in [0.3, 0.4) is 0 Å². The van der Waals surface area contributed by atoms with Crippen molar-refractivity contribution in [2.45, 2.75) is 39.2 Å². The Kier molecular flexibility index (Phi) is 4.91. The van der Waals surface area contributed by atoms with Crippen LogP contribution in [0.2, 0.25) is 0 Å². The predicted molar refractivity (Wildman–Crippen MR) is 73.4 cm³/mol. The second kappa shape index (κ2) is 5.77. The van der Waals surface area contributed by atoms with Gasteiger partial charge in [-0.1, -0.05) is 13.8 Å². The molecular formula is C11H18IN3O. The maximum atomic E-state index is 5.88. The van der Waals surface area contributed by atoms with E-state index in [0.717, 1.165) is 15.1 Å². The number of nitrogens with two attached hydrogens (primary N) is 1. The van der Waals surface area contributed by atoms with Crippen molar-refractivity contribution in [3.63, 3.8) is 0 Å². The summed E-state index contributed by atoms with van der Waals surface area (Å²) >= 11 is 2.20. The molecule has 2 N–H and O–H groups in total. The zero-order valence-corrected chi connectivity index (χ0v) is 12.3. The molecule has 0 aromatic carbocycles. The summed E-state index contributed by atoms with van der Waals surface area (Å²) in [6.07, 6.45) is 0.802. The molecule has 0 amide bonds.